The molecule has 0 aromatic carbocycles. The normalized spacial score (nSPS) is 12.4. The van der Waals surface area contributed by atoms with Crippen LogP contribution in [0.4, 0.5) is 0 Å². The van der Waals surface area contributed by atoms with Gasteiger partial charge in [-0.05, 0) is 18.6 Å². The summed E-state index contributed by atoms with van der Waals surface area (Å²) in [5.74, 6) is -1.10. The average molecular weight is 377 g/mol. The third-order valence-electron chi connectivity index (χ3n) is 3.28. The van der Waals surface area contributed by atoms with Crippen molar-refractivity contribution in [3.8, 4) is 0 Å². The summed E-state index contributed by atoms with van der Waals surface area (Å²) >= 11 is 1.13. The Morgan fingerprint density at radius 2 is 1.92 bits per heavy atom. The van der Waals surface area contributed by atoms with Crippen LogP contribution in [-0.2, 0) is 26.0 Å². The Labute approximate surface area is 146 Å². The highest BCUT2D eigenvalue weighted by atomic mass is 32.2. The molecule has 1 aromatic rings. The Morgan fingerprint density at radius 3 is 2.46 bits per heavy atom. The van der Waals surface area contributed by atoms with Gasteiger partial charge in [0.1, 0.15) is 4.21 Å². The van der Waals surface area contributed by atoms with Crippen molar-refractivity contribution in [2.45, 2.75) is 37.8 Å². The topological polar surface area (TPSA) is 104 Å². The van der Waals surface area contributed by atoms with Crippen LogP contribution in [0.3, 0.4) is 0 Å². The highest BCUT2D eigenvalue weighted by Gasteiger charge is 2.24. The molecule has 24 heavy (non-hydrogen) atoms. The number of carboxylic acids is 1. The van der Waals surface area contributed by atoms with E-state index in [-0.39, 0.29) is 23.1 Å². The maximum absolute atomic E-state index is 12.3. The number of carbonyl (C=O) groups excluding carboxylic acids is 1. The van der Waals surface area contributed by atoms with E-state index in [1.165, 1.54) is 13.1 Å². The second-order valence-corrected chi connectivity index (χ2v) is 9.89. The summed E-state index contributed by atoms with van der Waals surface area (Å²) < 4.78 is 25.9. The number of sulfonamides is 1. The molecule has 0 saturated heterocycles. The van der Waals surface area contributed by atoms with Crippen molar-refractivity contribution in [1.29, 1.82) is 0 Å². The van der Waals surface area contributed by atoms with Crippen molar-refractivity contribution in [3.63, 3.8) is 0 Å². The first-order valence-electron chi connectivity index (χ1n) is 7.49. The van der Waals surface area contributed by atoms with Gasteiger partial charge in [-0.25, -0.2) is 8.42 Å². The minimum absolute atomic E-state index is 0.0553. The zero-order valence-electron chi connectivity index (χ0n) is 14.3. The van der Waals surface area contributed by atoms with Gasteiger partial charge in [-0.3, -0.25) is 9.59 Å². The fourth-order valence-corrected chi connectivity index (χ4v) is 4.46. The molecule has 0 unspecified atom stereocenters. The van der Waals surface area contributed by atoms with E-state index in [4.69, 9.17) is 5.11 Å². The van der Waals surface area contributed by atoms with E-state index in [9.17, 15) is 18.0 Å². The quantitative estimate of drug-likeness (QED) is 0.716. The van der Waals surface area contributed by atoms with Crippen molar-refractivity contribution in [2.75, 3.05) is 20.1 Å². The second kappa shape index (κ2) is 8.09. The molecule has 1 amide bonds. The summed E-state index contributed by atoms with van der Waals surface area (Å²) in [6.07, 6.45) is 0.299. The third kappa shape index (κ3) is 5.88. The molecule has 1 aromatic heterocycles. The van der Waals surface area contributed by atoms with Gasteiger partial charge in [-0.15, -0.1) is 11.3 Å². The first kappa shape index (κ1) is 20.6. The number of rotatable bonds is 8. The van der Waals surface area contributed by atoms with Crippen LogP contribution in [-0.4, -0.2) is 49.8 Å². The SMILES string of the molecule is CN(CCC(=O)O)S(=O)(=O)c1ccc(CCNC(=O)C(C)(C)C)s1. The maximum Gasteiger partial charge on any atom is 0.304 e. The first-order chi connectivity index (χ1) is 10.9. The summed E-state index contributed by atoms with van der Waals surface area (Å²) in [6.45, 7) is 5.83. The molecular weight excluding hydrogens is 352 g/mol. The van der Waals surface area contributed by atoms with Crippen molar-refractivity contribution in [1.82, 2.24) is 9.62 Å². The minimum Gasteiger partial charge on any atom is -0.481 e. The van der Waals surface area contributed by atoms with Crippen LogP contribution in [0, 0.1) is 5.41 Å². The molecule has 2 N–H and O–H groups in total. The van der Waals surface area contributed by atoms with Gasteiger partial charge in [0.15, 0.2) is 0 Å². The van der Waals surface area contributed by atoms with E-state index in [0.717, 1.165) is 20.5 Å². The van der Waals surface area contributed by atoms with E-state index in [2.05, 4.69) is 5.32 Å². The number of nitrogens with one attached hydrogen (secondary N) is 1. The number of hydrogen-bond acceptors (Lipinski definition) is 5. The molecule has 0 radical (unpaired) electrons. The number of carboxylic acid groups (broad SMARTS) is 1. The van der Waals surface area contributed by atoms with Crippen LogP contribution in [0.5, 0.6) is 0 Å². The molecule has 0 aliphatic rings. The smallest absolute Gasteiger partial charge is 0.304 e. The van der Waals surface area contributed by atoms with Crippen LogP contribution >= 0.6 is 11.3 Å². The number of thiophene rings is 1. The van der Waals surface area contributed by atoms with Gasteiger partial charge in [0.25, 0.3) is 10.0 Å². The predicted octanol–water partition coefficient (Wildman–Crippen LogP) is 1.55. The standard InChI is InChI=1S/C15H24N2O5S2/c1-15(2,3)14(20)16-9-7-11-5-6-13(23-11)24(21,22)17(4)10-8-12(18)19/h5-6H,7-10H2,1-4H3,(H,16,20)(H,18,19). The van der Waals surface area contributed by atoms with Gasteiger partial charge in [-0.1, -0.05) is 20.8 Å². The van der Waals surface area contributed by atoms with E-state index >= 15 is 0 Å². The van der Waals surface area contributed by atoms with Gasteiger partial charge in [0.05, 0.1) is 6.42 Å². The summed E-state index contributed by atoms with van der Waals surface area (Å²) in [5, 5.41) is 11.5. The Hall–Kier alpha value is -1.45. The lowest BCUT2D eigenvalue weighted by Crippen LogP contribution is -2.35. The van der Waals surface area contributed by atoms with Crippen LogP contribution in [0.1, 0.15) is 32.1 Å². The molecule has 9 heteroatoms. The molecule has 0 aliphatic heterocycles. The molecule has 0 spiro atoms. The predicted molar refractivity (Wildman–Crippen MR) is 92.6 cm³/mol. The Kier molecular flexibility index (Phi) is 6.94. The molecule has 136 valence electrons. The first-order valence-corrected chi connectivity index (χ1v) is 9.75. The number of nitrogens with zero attached hydrogens (tertiary/aromatic N) is 1. The van der Waals surface area contributed by atoms with Crippen molar-refractivity contribution < 1.29 is 23.1 Å². The fourth-order valence-electron chi connectivity index (χ4n) is 1.72. The minimum atomic E-state index is -3.68. The van der Waals surface area contributed by atoms with Crippen LogP contribution < -0.4 is 5.32 Å². The van der Waals surface area contributed by atoms with Crippen molar-refractivity contribution in [2.24, 2.45) is 5.41 Å². The number of aliphatic carboxylic acids is 1. The summed E-state index contributed by atoms with van der Waals surface area (Å²) in [4.78, 5) is 23.2. The lowest BCUT2D eigenvalue weighted by Gasteiger charge is -2.17. The van der Waals surface area contributed by atoms with Gasteiger partial charge in [0.2, 0.25) is 5.91 Å². The van der Waals surface area contributed by atoms with Gasteiger partial charge >= 0.3 is 5.97 Å². The van der Waals surface area contributed by atoms with Crippen molar-refractivity contribution >= 4 is 33.2 Å². The van der Waals surface area contributed by atoms with E-state index in [1.807, 2.05) is 20.8 Å². The molecule has 0 fully saturated rings. The van der Waals surface area contributed by atoms with Gasteiger partial charge in [0, 0.05) is 30.4 Å². The van der Waals surface area contributed by atoms with Crippen LogP contribution in [0.2, 0.25) is 0 Å². The van der Waals surface area contributed by atoms with Gasteiger partial charge < -0.3 is 10.4 Å². The van der Waals surface area contributed by atoms with Gasteiger partial charge in [-0.2, -0.15) is 4.31 Å². The fraction of sp³-hybridized carbons (Fsp3) is 0.600. The maximum atomic E-state index is 12.3. The lowest BCUT2D eigenvalue weighted by atomic mass is 9.96. The number of amides is 1. The summed E-state index contributed by atoms with van der Waals surface area (Å²) in [7, 11) is -2.31. The number of carbonyl (C=O) groups is 2. The van der Waals surface area contributed by atoms with Crippen molar-refractivity contribution in [3.05, 3.63) is 17.0 Å². The zero-order valence-corrected chi connectivity index (χ0v) is 16.0. The Bertz CT molecular complexity index is 689. The third-order valence-corrected chi connectivity index (χ3v) is 6.75. The number of hydrogen-bond donors (Lipinski definition) is 2. The van der Waals surface area contributed by atoms with E-state index in [0.29, 0.717) is 13.0 Å². The zero-order chi connectivity index (χ0) is 18.5. The molecule has 0 aliphatic carbocycles. The summed E-state index contributed by atoms with van der Waals surface area (Å²) in [5.41, 5.74) is -0.462. The second-order valence-electron chi connectivity index (χ2n) is 6.45. The summed E-state index contributed by atoms with van der Waals surface area (Å²) in [6, 6.07) is 3.23. The molecule has 0 atom stereocenters. The molecule has 1 rings (SSSR count). The lowest BCUT2D eigenvalue weighted by molar-refractivity contribution is -0.137. The average Bonchev–Trinajstić information content (AvgIpc) is 2.93. The Morgan fingerprint density at radius 1 is 1.29 bits per heavy atom. The van der Waals surface area contributed by atoms with Crippen LogP contribution in [0.25, 0.3) is 0 Å². The molecule has 0 bridgehead atoms. The van der Waals surface area contributed by atoms with E-state index < -0.39 is 21.4 Å². The molecule has 7 nitrogen and oxygen atoms in total. The highest BCUT2D eigenvalue weighted by Crippen LogP contribution is 2.24. The molecular formula is C15H24N2O5S2. The van der Waals surface area contributed by atoms with Crippen LogP contribution in [0.15, 0.2) is 16.3 Å². The molecule has 0 saturated carbocycles. The molecule has 1 heterocycles. The Balaban J connectivity index is 2.64. The monoisotopic (exact) mass is 376 g/mol. The highest BCUT2D eigenvalue weighted by molar-refractivity contribution is 7.91. The van der Waals surface area contributed by atoms with E-state index in [1.54, 1.807) is 6.07 Å². The largest absolute Gasteiger partial charge is 0.481 e.